The van der Waals surface area contributed by atoms with Gasteiger partial charge in [0.1, 0.15) is 0 Å². The lowest BCUT2D eigenvalue weighted by atomic mass is 10.3. The van der Waals surface area contributed by atoms with Gasteiger partial charge in [0.15, 0.2) is 22.8 Å². The molecule has 0 amide bonds. The van der Waals surface area contributed by atoms with Crippen LogP contribution in [0.2, 0.25) is 0 Å². The molecule has 23 heavy (non-hydrogen) atoms. The van der Waals surface area contributed by atoms with Crippen LogP contribution >= 0.6 is 0 Å². The van der Waals surface area contributed by atoms with Gasteiger partial charge in [0.05, 0.1) is 5.69 Å². The van der Waals surface area contributed by atoms with Crippen LogP contribution in [0.4, 0.5) is 22.9 Å². The number of hydrogen-bond acceptors (Lipinski definition) is 7. The van der Waals surface area contributed by atoms with E-state index in [-0.39, 0.29) is 22.8 Å². The van der Waals surface area contributed by atoms with Crippen LogP contribution in [0.1, 0.15) is 5.69 Å². The number of H-pyrrole nitrogens is 1. The molecule has 3 aromatic rings. The normalized spacial score (nSPS) is 13.0. The lowest BCUT2D eigenvalue weighted by molar-refractivity contribution is -0.991. The van der Waals surface area contributed by atoms with Gasteiger partial charge >= 0.3 is 0 Å². The topological polar surface area (TPSA) is 149 Å². The van der Waals surface area contributed by atoms with Crippen molar-refractivity contribution in [3.05, 3.63) is 51.6 Å². The summed E-state index contributed by atoms with van der Waals surface area (Å²) in [4.78, 5) is 14.2. The van der Waals surface area contributed by atoms with Crippen molar-refractivity contribution in [3.8, 4) is 0 Å². The molecule has 1 atom stereocenters. The van der Waals surface area contributed by atoms with Gasteiger partial charge in [0, 0.05) is 23.9 Å². The summed E-state index contributed by atoms with van der Waals surface area (Å²) in [5, 5.41) is 30.9. The maximum absolute atomic E-state index is 11.6. The zero-order chi connectivity index (χ0) is 16.6. The summed E-state index contributed by atoms with van der Waals surface area (Å²) >= 11 is 0. The molecule has 5 N–H and O–H groups in total. The van der Waals surface area contributed by atoms with Gasteiger partial charge in [-0.3, -0.25) is 4.79 Å². The number of rotatable bonds is 3. The Morgan fingerprint density at radius 3 is 2.91 bits per heavy atom. The van der Waals surface area contributed by atoms with Gasteiger partial charge < -0.3 is 15.9 Å². The number of azo groups is 1. The van der Waals surface area contributed by atoms with Crippen molar-refractivity contribution < 1.29 is 10.4 Å². The van der Waals surface area contributed by atoms with Crippen LogP contribution in [-0.2, 0) is 0 Å². The number of nitrogens with two attached hydrogens (primary N) is 1. The van der Waals surface area contributed by atoms with E-state index in [4.69, 9.17) is 10.9 Å². The number of nitrogens with zero attached hydrogens (tertiary/aromatic N) is 4. The molecule has 10 nitrogen and oxygen atoms in total. The molecular weight excluding hydrogens is 302 g/mol. The van der Waals surface area contributed by atoms with E-state index in [1.807, 2.05) is 0 Å². The second kappa shape index (κ2) is 5.61. The quantitative estimate of drug-likeness (QED) is 0.415. The van der Waals surface area contributed by atoms with E-state index in [0.717, 1.165) is 0 Å². The number of hydrogen-bond donors (Lipinski definition) is 4. The smallest absolute Gasteiger partial charge is 0.251 e. The fourth-order valence-electron chi connectivity index (χ4n) is 2.11. The highest BCUT2D eigenvalue weighted by molar-refractivity contribution is 5.75. The van der Waals surface area contributed by atoms with Gasteiger partial charge in [-0.25, -0.2) is 9.72 Å². The lowest BCUT2D eigenvalue weighted by Crippen LogP contribution is -2.99. The molecule has 10 heteroatoms. The summed E-state index contributed by atoms with van der Waals surface area (Å²) in [5.74, 6) is 0.105. The second-order valence-corrected chi connectivity index (χ2v) is 4.82. The van der Waals surface area contributed by atoms with Crippen molar-refractivity contribution in [1.29, 1.82) is 0 Å². The second-order valence-electron chi connectivity index (χ2n) is 4.82. The number of anilines is 1. The highest BCUT2D eigenvalue weighted by atomic mass is 16.8. The summed E-state index contributed by atoms with van der Waals surface area (Å²) < 4.78 is 1.46. The molecule has 0 fully saturated rings. The lowest BCUT2D eigenvalue weighted by Gasteiger charge is -2.10. The third kappa shape index (κ3) is 2.81. The average molecular weight is 315 g/mol. The summed E-state index contributed by atoms with van der Waals surface area (Å²) in [6.45, 7) is 1.71. The Morgan fingerprint density at radius 1 is 1.39 bits per heavy atom. The zero-order valence-electron chi connectivity index (χ0n) is 12.0. The van der Waals surface area contributed by atoms with Crippen molar-refractivity contribution in [1.82, 2.24) is 14.6 Å². The summed E-state index contributed by atoms with van der Waals surface area (Å²) in [5.41, 5.74) is 7.09. The minimum atomic E-state index is -1.06. The van der Waals surface area contributed by atoms with E-state index in [1.165, 1.54) is 22.7 Å². The number of aromatic nitrogens is 3. The summed E-state index contributed by atoms with van der Waals surface area (Å²) in [6, 6.07) is 7.37. The monoisotopic (exact) mass is 315 g/mol. The molecule has 0 saturated heterocycles. The summed E-state index contributed by atoms with van der Waals surface area (Å²) in [6.07, 6.45) is 0. The minimum absolute atomic E-state index is 0.0959. The fraction of sp³-hybridized carbons (Fsp3) is 0.0769. The molecular formula is C13H13N7O3. The SMILES string of the molecule is Cc1cc(=O)[nH]c2c(N=Nc3cccc([NH+]([O-])O)c3)c(N)nn12. The van der Waals surface area contributed by atoms with Crippen molar-refractivity contribution in [2.75, 3.05) is 5.73 Å². The van der Waals surface area contributed by atoms with E-state index >= 15 is 0 Å². The van der Waals surface area contributed by atoms with Gasteiger partial charge in [-0.2, -0.15) is 10.3 Å². The van der Waals surface area contributed by atoms with Gasteiger partial charge in [0.2, 0.25) is 0 Å². The van der Waals surface area contributed by atoms with Gasteiger partial charge in [0.25, 0.3) is 5.56 Å². The molecule has 1 aromatic carbocycles. The van der Waals surface area contributed by atoms with Crippen LogP contribution in [0.15, 0.2) is 45.4 Å². The summed E-state index contributed by atoms with van der Waals surface area (Å²) in [7, 11) is 0. The highest BCUT2D eigenvalue weighted by Gasteiger charge is 2.12. The van der Waals surface area contributed by atoms with E-state index in [9.17, 15) is 10.0 Å². The third-order valence-corrected chi connectivity index (χ3v) is 3.16. The van der Waals surface area contributed by atoms with E-state index < -0.39 is 5.23 Å². The largest absolute Gasteiger partial charge is 0.595 e. The molecule has 0 aliphatic carbocycles. The van der Waals surface area contributed by atoms with E-state index in [1.54, 1.807) is 19.1 Å². The number of fused-ring (bicyclic) bond motifs is 1. The fourth-order valence-corrected chi connectivity index (χ4v) is 2.11. The molecule has 2 heterocycles. The first kappa shape index (κ1) is 14.8. The molecule has 1 unspecified atom stereocenters. The predicted molar refractivity (Wildman–Crippen MR) is 81.4 cm³/mol. The molecule has 0 aliphatic rings. The molecule has 0 radical (unpaired) electrons. The van der Waals surface area contributed by atoms with Gasteiger partial charge in [-0.05, 0) is 13.0 Å². The predicted octanol–water partition coefficient (Wildman–Crippen LogP) is 0.732. The van der Waals surface area contributed by atoms with Crippen LogP contribution in [0.25, 0.3) is 5.65 Å². The maximum atomic E-state index is 11.6. The maximum Gasteiger partial charge on any atom is 0.251 e. The van der Waals surface area contributed by atoms with Crippen molar-refractivity contribution in [3.63, 3.8) is 0 Å². The van der Waals surface area contributed by atoms with Gasteiger partial charge in [-0.1, -0.05) is 6.07 Å². The Morgan fingerprint density at radius 2 is 2.17 bits per heavy atom. The van der Waals surface area contributed by atoms with Crippen molar-refractivity contribution >= 4 is 28.5 Å². The van der Waals surface area contributed by atoms with E-state index in [0.29, 0.717) is 17.0 Å². The number of aromatic amines is 1. The number of aryl methyl sites for hydroxylation is 1. The van der Waals surface area contributed by atoms with Gasteiger partial charge in [-0.15, -0.1) is 10.2 Å². The zero-order valence-corrected chi connectivity index (χ0v) is 12.0. The highest BCUT2D eigenvalue weighted by Crippen LogP contribution is 2.28. The molecule has 2 aromatic heterocycles. The third-order valence-electron chi connectivity index (χ3n) is 3.16. The molecule has 3 rings (SSSR count). The number of benzene rings is 1. The number of quaternary nitrogens is 1. The van der Waals surface area contributed by atoms with Crippen molar-refractivity contribution in [2.24, 2.45) is 10.2 Å². The van der Waals surface area contributed by atoms with Crippen LogP contribution in [-0.4, -0.2) is 19.8 Å². The average Bonchev–Trinajstić information content (AvgIpc) is 2.81. The van der Waals surface area contributed by atoms with E-state index in [2.05, 4.69) is 20.3 Å². The van der Waals surface area contributed by atoms with Crippen LogP contribution in [0, 0.1) is 12.1 Å². The van der Waals surface area contributed by atoms with Crippen molar-refractivity contribution in [2.45, 2.75) is 6.92 Å². The molecule has 0 aliphatic heterocycles. The van der Waals surface area contributed by atoms with Crippen LogP contribution < -0.4 is 16.5 Å². The Labute approximate surface area is 129 Å². The molecule has 0 saturated carbocycles. The standard InChI is InChI=1S/C13H13N7O3/c1-7-5-10(21)15-13-11(12(14)18-19(7)13)17-16-8-3-2-4-9(6-8)20(22)23/h2-6,20,22H,1H3,(H2,14,18)(H,15,21). The first-order valence-corrected chi connectivity index (χ1v) is 6.59. The first-order valence-electron chi connectivity index (χ1n) is 6.59. The number of nitrogens with one attached hydrogen (secondary N) is 2. The first-order chi connectivity index (χ1) is 11.0. The molecule has 0 spiro atoms. The van der Waals surface area contributed by atoms with Crippen LogP contribution in [0.3, 0.4) is 0 Å². The Bertz CT molecular complexity index is 958. The van der Waals surface area contributed by atoms with Crippen LogP contribution in [0.5, 0.6) is 0 Å². The number of nitrogen functional groups attached to an aromatic ring is 1. The minimum Gasteiger partial charge on any atom is -0.595 e. The Kier molecular flexibility index (Phi) is 3.62. The Hall–Kier alpha value is -3.08. The molecule has 118 valence electrons. The molecule has 0 bridgehead atoms. The Balaban J connectivity index is 2.06.